The Bertz CT molecular complexity index is 794. The molecule has 104 valence electrons. The number of nitrogens with one attached hydrogen (secondary N) is 2. The third kappa shape index (κ3) is 3.03. The summed E-state index contributed by atoms with van der Waals surface area (Å²) in [5.41, 5.74) is 3.21. The lowest BCUT2D eigenvalue weighted by Gasteiger charge is -2.00. The van der Waals surface area contributed by atoms with Crippen molar-refractivity contribution in [2.24, 2.45) is 5.10 Å². The van der Waals surface area contributed by atoms with E-state index >= 15 is 0 Å². The van der Waals surface area contributed by atoms with Gasteiger partial charge in [0.15, 0.2) is 5.69 Å². The molecule has 0 aliphatic heterocycles. The molecule has 3 aromatic rings. The van der Waals surface area contributed by atoms with Crippen LogP contribution in [0.1, 0.15) is 5.76 Å². The van der Waals surface area contributed by atoms with Crippen molar-refractivity contribution in [1.82, 2.24) is 15.2 Å². The van der Waals surface area contributed by atoms with Gasteiger partial charge in [0.25, 0.3) is 5.56 Å². The molecule has 0 aliphatic carbocycles. The summed E-state index contributed by atoms with van der Waals surface area (Å²) in [5, 5.41) is 11.7. The number of benzene rings is 1. The molecule has 2 heterocycles. The molecule has 2 aromatic heterocycles. The van der Waals surface area contributed by atoms with Gasteiger partial charge in [-0.25, -0.2) is 5.43 Å². The lowest BCUT2D eigenvalue weighted by atomic mass is 10.2. The molecule has 0 bridgehead atoms. The fourth-order valence-electron chi connectivity index (χ4n) is 1.69. The Kier molecular flexibility index (Phi) is 3.55. The second-order valence-corrected chi connectivity index (χ2v) is 4.10. The van der Waals surface area contributed by atoms with Crippen molar-refractivity contribution in [2.45, 2.75) is 0 Å². The van der Waals surface area contributed by atoms with E-state index in [1.54, 1.807) is 24.3 Å². The summed E-state index contributed by atoms with van der Waals surface area (Å²) >= 11 is 0. The number of anilines is 1. The summed E-state index contributed by atoms with van der Waals surface area (Å²) in [6.07, 6.45) is 3.00. The zero-order valence-corrected chi connectivity index (χ0v) is 10.9. The van der Waals surface area contributed by atoms with Gasteiger partial charge >= 0.3 is 0 Å². The minimum atomic E-state index is -0.341. The number of H-pyrrole nitrogens is 1. The monoisotopic (exact) mass is 281 g/mol. The van der Waals surface area contributed by atoms with Crippen molar-refractivity contribution in [3.8, 4) is 11.3 Å². The summed E-state index contributed by atoms with van der Waals surface area (Å²) in [7, 11) is 0. The third-order valence-corrected chi connectivity index (χ3v) is 2.65. The number of rotatable bonds is 4. The molecule has 0 spiro atoms. The molecule has 0 aliphatic rings. The van der Waals surface area contributed by atoms with E-state index < -0.39 is 0 Å². The van der Waals surface area contributed by atoms with Crippen LogP contribution in [-0.2, 0) is 0 Å². The molecule has 2 N–H and O–H groups in total. The van der Waals surface area contributed by atoms with E-state index in [1.165, 1.54) is 12.5 Å². The summed E-state index contributed by atoms with van der Waals surface area (Å²) in [4.78, 5) is 14.5. The van der Waals surface area contributed by atoms with E-state index in [9.17, 15) is 4.79 Å². The van der Waals surface area contributed by atoms with Crippen molar-refractivity contribution in [1.29, 1.82) is 0 Å². The lowest BCUT2D eigenvalue weighted by molar-refractivity contribution is 0.560. The standard InChI is InChI=1S/C14H11N5O2/c20-13-12(10-5-2-1-3-6-10)17-19-14(16-13)18-15-9-11-7-4-8-21-11/h1-9H,(H2,16,18,19,20)/b15-9+. The van der Waals surface area contributed by atoms with Gasteiger partial charge < -0.3 is 4.42 Å². The smallest absolute Gasteiger partial charge is 0.279 e. The molecule has 0 amide bonds. The van der Waals surface area contributed by atoms with Crippen LogP contribution in [0.25, 0.3) is 11.3 Å². The maximum atomic E-state index is 12.0. The first-order chi connectivity index (χ1) is 10.3. The molecule has 0 saturated heterocycles. The molecule has 21 heavy (non-hydrogen) atoms. The molecule has 0 saturated carbocycles. The van der Waals surface area contributed by atoms with Crippen LogP contribution in [0.3, 0.4) is 0 Å². The molecule has 7 nitrogen and oxygen atoms in total. The maximum Gasteiger partial charge on any atom is 0.279 e. The second-order valence-electron chi connectivity index (χ2n) is 4.10. The van der Waals surface area contributed by atoms with Crippen molar-refractivity contribution >= 4 is 12.2 Å². The van der Waals surface area contributed by atoms with Crippen molar-refractivity contribution in [2.75, 3.05) is 5.43 Å². The van der Waals surface area contributed by atoms with E-state index in [1.807, 2.05) is 18.2 Å². The number of aromatic amines is 1. The molecule has 3 rings (SSSR count). The highest BCUT2D eigenvalue weighted by Crippen LogP contribution is 2.10. The summed E-state index contributed by atoms with van der Waals surface area (Å²) < 4.78 is 5.07. The van der Waals surface area contributed by atoms with Gasteiger partial charge in [0.2, 0.25) is 5.95 Å². The van der Waals surface area contributed by atoms with E-state index in [0.717, 1.165) is 0 Å². The third-order valence-electron chi connectivity index (χ3n) is 2.65. The quantitative estimate of drug-likeness (QED) is 0.562. The predicted molar refractivity (Wildman–Crippen MR) is 78.0 cm³/mol. The van der Waals surface area contributed by atoms with Gasteiger partial charge in [-0.15, -0.1) is 10.2 Å². The predicted octanol–water partition coefficient (Wildman–Crippen LogP) is 1.87. The molecule has 7 heteroatoms. The van der Waals surface area contributed by atoms with Crippen molar-refractivity contribution in [3.05, 3.63) is 64.8 Å². The number of hydrazone groups is 1. The average molecular weight is 281 g/mol. The number of hydrogen-bond acceptors (Lipinski definition) is 6. The highest BCUT2D eigenvalue weighted by molar-refractivity contribution is 5.76. The Balaban J connectivity index is 1.77. The minimum Gasteiger partial charge on any atom is -0.463 e. The van der Waals surface area contributed by atoms with E-state index in [4.69, 9.17) is 4.42 Å². The summed E-state index contributed by atoms with van der Waals surface area (Å²) in [6, 6.07) is 12.6. The Morgan fingerprint density at radius 2 is 2.00 bits per heavy atom. The fourth-order valence-corrected chi connectivity index (χ4v) is 1.69. The van der Waals surface area contributed by atoms with E-state index in [0.29, 0.717) is 11.3 Å². The molecule has 1 aromatic carbocycles. The van der Waals surface area contributed by atoms with Gasteiger partial charge in [-0.05, 0) is 12.1 Å². The van der Waals surface area contributed by atoms with Crippen LogP contribution in [0.15, 0.2) is 63.0 Å². The van der Waals surface area contributed by atoms with Gasteiger partial charge in [-0.2, -0.15) is 5.10 Å². The Morgan fingerprint density at radius 3 is 2.71 bits per heavy atom. The van der Waals surface area contributed by atoms with Gasteiger partial charge in [0.1, 0.15) is 5.76 Å². The average Bonchev–Trinajstić information content (AvgIpc) is 3.02. The molecule has 0 atom stereocenters. The lowest BCUT2D eigenvalue weighted by Crippen LogP contribution is -2.15. The van der Waals surface area contributed by atoms with E-state index in [-0.39, 0.29) is 17.2 Å². The number of aromatic nitrogens is 3. The van der Waals surface area contributed by atoms with Gasteiger partial charge in [0.05, 0.1) is 12.5 Å². The SMILES string of the molecule is O=c1[nH]c(N/N=C/c2ccco2)nnc1-c1ccccc1. The zero-order chi connectivity index (χ0) is 14.5. The molecule has 0 fully saturated rings. The first kappa shape index (κ1) is 12.8. The summed E-state index contributed by atoms with van der Waals surface area (Å²) in [5.74, 6) is 0.737. The Hall–Kier alpha value is -3.22. The summed E-state index contributed by atoms with van der Waals surface area (Å²) in [6.45, 7) is 0. The van der Waals surface area contributed by atoms with Crippen molar-refractivity contribution < 1.29 is 4.42 Å². The van der Waals surface area contributed by atoms with Crippen LogP contribution in [0.2, 0.25) is 0 Å². The van der Waals surface area contributed by atoms with Gasteiger partial charge in [0, 0.05) is 5.56 Å². The minimum absolute atomic E-state index is 0.155. The van der Waals surface area contributed by atoms with Crippen LogP contribution in [0, 0.1) is 0 Å². The number of furan rings is 1. The number of hydrogen-bond donors (Lipinski definition) is 2. The topological polar surface area (TPSA) is 96.2 Å². The first-order valence-electron chi connectivity index (χ1n) is 6.18. The molecule has 0 radical (unpaired) electrons. The highest BCUT2D eigenvalue weighted by atomic mass is 16.3. The van der Waals surface area contributed by atoms with Crippen LogP contribution in [0.4, 0.5) is 5.95 Å². The van der Waals surface area contributed by atoms with Crippen LogP contribution < -0.4 is 11.0 Å². The molecular weight excluding hydrogens is 270 g/mol. The largest absolute Gasteiger partial charge is 0.463 e. The van der Waals surface area contributed by atoms with Gasteiger partial charge in [-0.1, -0.05) is 30.3 Å². The second kappa shape index (κ2) is 5.83. The van der Waals surface area contributed by atoms with Crippen LogP contribution >= 0.6 is 0 Å². The van der Waals surface area contributed by atoms with Crippen LogP contribution in [-0.4, -0.2) is 21.4 Å². The van der Waals surface area contributed by atoms with Gasteiger partial charge in [-0.3, -0.25) is 9.78 Å². The highest BCUT2D eigenvalue weighted by Gasteiger charge is 2.06. The van der Waals surface area contributed by atoms with Crippen molar-refractivity contribution in [3.63, 3.8) is 0 Å². The molecular formula is C14H11N5O2. The molecule has 0 unspecified atom stereocenters. The Morgan fingerprint density at radius 1 is 1.14 bits per heavy atom. The van der Waals surface area contributed by atoms with E-state index in [2.05, 4.69) is 25.7 Å². The Labute approximate surface area is 119 Å². The normalized spacial score (nSPS) is 10.9. The number of nitrogens with zero attached hydrogens (tertiary/aromatic N) is 3. The first-order valence-corrected chi connectivity index (χ1v) is 6.18. The van der Waals surface area contributed by atoms with Crippen LogP contribution in [0.5, 0.6) is 0 Å². The maximum absolute atomic E-state index is 12.0. The fraction of sp³-hybridized carbons (Fsp3) is 0. The zero-order valence-electron chi connectivity index (χ0n) is 10.9.